The van der Waals surface area contributed by atoms with Crippen LogP contribution in [-0.4, -0.2) is 66.8 Å². The Hall–Kier alpha value is -4.45. The maximum atomic E-state index is 13.6. The third-order valence-electron chi connectivity index (χ3n) is 7.49. The number of carbonyl (C=O) groups excluding carboxylic acids is 1. The van der Waals surface area contributed by atoms with E-state index < -0.39 is 11.9 Å². The van der Waals surface area contributed by atoms with E-state index in [0.717, 1.165) is 37.2 Å². The quantitative estimate of drug-likeness (QED) is 0.305. The van der Waals surface area contributed by atoms with E-state index in [-0.39, 0.29) is 34.9 Å². The fourth-order valence-corrected chi connectivity index (χ4v) is 5.39. The number of hydrogen-bond acceptors (Lipinski definition) is 6. The number of aromatic nitrogens is 3. The number of benzene rings is 2. The van der Waals surface area contributed by atoms with Crippen molar-refractivity contribution >= 4 is 17.7 Å². The average molecular weight is 583 g/mol. The molecule has 42 heavy (non-hydrogen) atoms. The third kappa shape index (κ3) is 7.84. The normalized spacial score (nSPS) is 18.6. The lowest BCUT2D eigenvalue weighted by Gasteiger charge is -2.38. The topological polar surface area (TPSA) is 135 Å². The van der Waals surface area contributed by atoms with Crippen LogP contribution in [0.4, 0.5) is 8.78 Å². The van der Waals surface area contributed by atoms with Crippen molar-refractivity contribution in [1.82, 2.24) is 19.2 Å². The van der Waals surface area contributed by atoms with Gasteiger partial charge in [0.1, 0.15) is 17.5 Å². The number of hydrogen-bond donors (Lipinski definition) is 2. The van der Waals surface area contributed by atoms with Gasteiger partial charge in [0.15, 0.2) is 5.78 Å². The van der Waals surface area contributed by atoms with Gasteiger partial charge in [0.2, 0.25) is 0 Å². The smallest absolute Gasteiger partial charge is 0.345 e. The fourth-order valence-electron chi connectivity index (χ4n) is 5.39. The van der Waals surface area contributed by atoms with Crippen LogP contribution in [0.15, 0.2) is 65.5 Å². The highest BCUT2D eigenvalue weighted by Gasteiger charge is 2.35. The molecule has 0 unspecified atom stereocenters. The van der Waals surface area contributed by atoms with Gasteiger partial charge < -0.3 is 15.1 Å². The summed E-state index contributed by atoms with van der Waals surface area (Å²) in [5, 5.41) is 20.2. The van der Waals surface area contributed by atoms with E-state index >= 15 is 0 Å². The summed E-state index contributed by atoms with van der Waals surface area (Å²) in [6, 6.07) is 12.0. The Morgan fingerprint density at radius 2 is 1.50 bits per heavy atom. The molecule has 5 rings (SSSR count). The lowest BCUT2D eigenvalue weighted by atomic mass is 9.76. The zero-order chi connectivity index (χ0) is 30.2. The molecule has 2 aliphatic rings. The first-order valence-corrected chi connectivity index (χ1v) is 13.7. The molecule has 1 aromatic heterocycles. The highest BCUT2D eigenvalue weighted by molar-refractivity contribution is 5.98. The Bertz CT molecular complexity index is 1480. The van der Waals surface area contributed by atoms with Crippen molar-refractivity contribution in [3.63, 3.8) is 0 Å². The summed E-state index contributed by atoms with van der Waals surface area (Å²) in [7, 11) is 0. The van der Waals surface area contributed by atoms with Crippen molar-refractivity contribution in [3.05, 3.63) is 99.8 Å². The zero-order valence-corrected chi connectivity index (χ0v) is 22.9. The van der Waals surface area contributed by atoms with Gasteiger partial charge in [-0.3, -0.25) is 9.36 Å². The molecule has 2 aromatic carbocycles. The summed E-state index contributed by atoms with van der Waals surface area (Å²) in [6.07, 6.45) is 4.65. The monoisotopic (exact) mass is 582 g/mol. The van der Waals surface area contributed by atoms with Gasteiger partial charge in [-0.2, -0.15) is 5.10 Å². The number of aliphatic carboxylic acids is 2. The molecule has 2 N–H and O–H groups in total. The number of piperidine rings is 1. The minimum Gasteiger partial charge on any atom is -0.478 e. The number of carboxylic acids is 2. The van der Waals surface area contributed by atoms with Gasteiger partial charge in [-0.15, -0.1) is 0 Å². The van der Waals surface area contributed by atoms with Crippen LogP contribution in [0.25, 0.3) is 0 Å². The van der Waals surface area contributed by atoms with E-state index in [0.29, 0.717) is 50.3 Å². The molecule has 222 valence electrons. The third-order valence-corrected chi connectivity index (χ3v) is 7.49. The van der Waals surface area contributed by atoms with Crippen LogP contribution < -0.4 is 5.69 Å². The first-order chi connectivity index (χ1) is 20.1. The lowest BCUT2D eigenvalue weighted by molar-refractivity contribution is -0.134. The largest absolute Gasteiger partial charge is 0.478 e. The number of fused-ring (bicyclic) bond motifs is 1. The van der Waals surface area contributed by atoms with Crippen molar-refractivity contribution in [3.8, 4) is 0 Å². The Kier molecular flexibility index (Phi) is 10.1. The Morgan fingerprint density at radius 3 is 2.10 bits per heavy atom. The lowest BCUT2D eigenvalue weighted by Crippen LogP contribution is -2.43. The summed E-state index contributed by atoms with van der Waals surface area (Å²) in [4.78, 5) is 47.3. The van der Waals surface area contributed by atoms with Crippen LogP contribution in [0.1, 0.15) is 46.9 Å². The maximum absolute atomic E-state index is 13.6. The number of Topliss-reactive ketones (excluding diaryl/α,β-unsaturated/α-hetero) is 1. The van der Waals surface area contributed by atoms with Gasteiger partial charge in [-0.25, -0.2) is 27.8 Å². The number of aryl methyl sites for hydroxylation is 1. The van der Waals surface area contributed by atoms with E-state index in [1.165, 1.54) is 36.4 Å². The van der Waals surface area contributed by atoms with E-state index in [2.05, 4.69) is 10.00 Å². The Balaban J connectivity index is 0.000000446. The number of rotatable bonds is 8. The van der Waals surface area contributed by atoms with Crippen LogP contribution in [0.3, 0.4) is 0 Å². The Morgan fingerprint density at radius 1 is 0.881 bits per heavy atom. The minimum absolute atomic E-state index is 0.0213. The molecular formula is C30H32F2N4O6. The summed E-state index contributed by atoms with van der Waals surface area (Å²) < 4.78 is 30.3. The van der Waals surface area contributed by atoms with Crippen molar-refractivity contribution in [2.75, 3.05) is 19.6 Å². The molecule has 2 aliphatic heterocycles. The molecule has 0 saturated carbocycles. The first kappa shape index (κ1) is 30.5. The molecule has 2 atom stereocenters. The number of carbonyl (C=O) groups is 3. The highest BCUT2D eigenvalue weighted by Crippen LogP contribution is 2.35. The molecule has 1 fully saturated rings. The van der Waals surface area contributed by atoms with E-state index in [1.54, 1.807) is 21.4 Å². The minimum atomic E-state index is -1.26. The van der Waals surface area contributed by atoms with Gasteiger partial charge in [0.05, 0.1) is 6.54 Å². The van der Waals surface area contributed by atoms with Gasteiger partial charge in [0, 0.05) is 55.6 Å². The van der Waals surface area contributed by atoms with Crippen molar-refractivity contribution < 1.29 is 33.4 Å². The van der Waals surface area contributed by atoms with Crippen LogP contribution in [0, 0.1) is 17.6 Å². The molecule has 0 aliphatic carbocycles. The second kappa shape index (κ2) is 13.9. The molecule has 3 aromatic rings. The van der Waals surface area contributed by atoms with Crippen LogP contribution >= 0.6 is 0 Å². The second-order valence-electron chi connectivity index (χ2n) is 10.3. The highest BCUT2D eigenvalue weighted by atomic mass is 19.1. The predicted octanol–water partition coefficient (Wildman–Crippen LogP) is 3.36. The molecular weight excluding hydrogens is 550 g/mol. The van der Waals surface area contributed by atoms with Gasteiger partial charge in [-0.1, -0.05) is 12.1 Å². The van der Waals surface area contributed by atoms with Crippen molar-refractivity contribution in [2.45, 2.75) is 44.7 Å². The van der Waals surface area contributed by atoms with Crippen molar-refractivity contribution in [1.29, 1.82) is 0 Å². The molecule has 0 amide bonds. The van der Waals surface area contributed by atoms with E-state index in [4.69, 9.17) is 10.2 Å². The molecule has 0 bridgehead atoms. The predicted molar refractivity (Wildman–Crippen MR) is 148 cm³/mol. The number of halogens is 2. The second-order valence-corrected chi connectivity index (χ2v) is 10.3. The summed E-state index contributed by atoms with van der Waals surface area (Å²) in [5.41, 5.74) is 1.34. The van der Waals surface area contributed by atoms with Crippen LogP contribution in [0.5, 0.6) is 0 Å². The fraction of sp³-hybridized carbons (Fsp3) is 0.367. The molecule has 1 saturated heterocycles. The number of likely N-dealkylation sites (tertiary alicyclic amines) is 1. The summed E-state index contributed by atoms with van der Waals surface area (Å²) >= 11 is 0. The van der Waals surface area contributed by atoms with E-state index in [9.17, 15) is 28.0 Å². The SMILES string of the molecule is O=C(O)/C=C\C(=O)O.O=C(c1ccc(F)cc1)[C@H]1CCN(CCn2nc3n(c2=O)CCCC3)C[C@@H]1c1ccc(F)cc1. The molecule has 0 spiro atoms. The maximum Gasteiger partial charge on any atom is 0.345 e. The van der Waals surface area contributed by atoms with Crippen molar-refractivity contribution in [2.24, 2.45) is 5.92 Å². The Labute approximate surface area is 240 Å². The number of carboxylic acid groups (broad SMARTS) is 2. The van der Waals surface area contributed by atoms with Crippen LogP contribution in [0.2, 0.25) is 0 Å². The summed E-state index contributed by atoms with van der Waals surface area (Å²) in [5.74, 6) is -2.77. The molecule has 12 heteroatoms. The van der Waals surface area contributed by atoms with Crippen LogP contribution in [-0.2, 0) is 29.1 Å². The number of nitrogens with zero attached hydrogens (tertiary/aromatic N) is 4. The standard InChI is InChI=1S/C26H28F2N4O2.C4H4O4/c27-20-8-4-18(5-9-20)23-17-30(14-12-22(23)25(33)19-6-10-21(28)11-7-19)15-16-32-26(34)31-13-2-1-3-24(31)29-32;5-3(6)1-2-4(7)8/h4-11,22-23H,1-3,12-17H2;1-2H,(H,5,6)(H,7,8)/b;2-1-/t22-,23+;/m0./s1. The molecule has 0 radical (unpaired) electrons. The molecule has 10 nitrogen and oxygen atoms in total. The van der Waals surface area contributed by atoms with E-state index in [1.807, 2.05) is 0 Å². The zero-order valence-electron chi connectivity index (χ0n) is 22.9. The molecule has 3 heterocycles. The number of ketones is 1. The summed E-state index contributed by atoms with van der Waals surface area (Å²) in [6.45, 7) is 3.19. The average Bonchev–Trinajstić information content (AvgIpc) is 3.31. The first-order valence-electron chi connectivity index (χ1n) is 13.7. The van der Waals surface area contributed by atoms with Gasteiger partial charge in [0.25, 0.3) is 0 Å². The van der Waals surface area contributed by atoms with Gasteiger partial charge in [-0.05, 0) is 67.8 Å². The van der Waals surface area contributed by atoms with Gasteiger partial charge >= 0.3 is 17.6 Å².